The average Bonchev–Trinajstić information content (AvgIpc) is 3.38. The second kappa shape index (κ2) is 9.70. The van der Waals surface area contributed by atoms with Gasteiger partial charge in [0.1, 0.15) is 23.1 Å². The van der Waals surface area contributed by atoms with E-state index in [9.17, 15) is 9.59 Å². The number of thiophene rings is 1. The molecule has 0 saturated heterocycles. The van der Waals surface area contributed by atoms with Gasteiger partial charge in [-0.05, 0) is 78.4 Å². The third kappa shape index (κ3) is 4.85. The molecule has 1 amide bonds. The standard InChI is InChI=1S/C23H22BrNO5S/c1-2-28-23(27)20-15-7-3-6-10-19(15)31-22(20)25-21(26)18-12-11-14(30-18)13-29-17-9-5-4-8-16(17)24/h4-5,8-9,11-12H,2-3,6-7,10,13H2,1H3,(H,25,26). The number of hydrogen-bond donors (Lipinski definition) is 1. The van der Waals surface area contributed by atoms with E-state index in [1.165, 1.54) is 11.3 Å². The zero-order valence-electron chi connectivity index (χ0n) is 17.0. The molecule has 1 aromatic carbocycles. The molecular weight excluding hydrogens is 482 g/mol. The van der Waals surface area contributed by atoms with E-state index in [1.54, 1.807) is 19.1 Å². The second-order valence-electron chi connectivity index (χ2n) is 7.07. The summed E-state index contributed by atoms with van der Waals surface area (Å²) in [5, 5.41) is 3.38. The number of rotatable bonds is 7. The predicted molar refractivity (Wildman–Crippen MR) is 122 cm³/mol. The van der Waals surface area contributed by atoms with Crippen LogP contribution >= 0.6 is 27.3 Å². The van der Waals surface area contributed by atoms with Gasteiger partial charge in [-0.1, -0.05) is 12.1 Å². The molecule has 3 aromatic rings. The molecular formula is C23H22BrNO5S. The van der Waals surface area contributed by atoms with Gasteiger partial charge in [0.05, 0.1) is 16.6 Å². The molecule has 2 heterocycles. The molecule has 0 aliphatic heterocycles. The Morgan fingerprint density at radius 3 is 2.77 bits per heavy atom. The maximum atomic E-state index is 12.8. The van der Waals surface area contributed by atoms with Crippen LogP contribution in [0.25, 0.3) is 0 Å². The van der Waals surface area contributed by atoms with Crippen LogP contribution in [0.3, 0.4) is 0 Å². The molecule has 1 aliphatic rings. The van der Waals surface area contributed by atoms with Gasteiger partial charge in [0.25, 0.3) is 5.91 Å². The fraction of sp³-hybridized carbons (Fsp3) is 0.304. The molecule has 0 unspecified atom stereocenters. The Bertz CT molecular complexity index is 1100. The zero-order chi connectivity index (χ0) is 21.8. The highest BCUT2D eigenvalue weighted by molar-refractivity contribution is 9.10. The van der Waals surface area contributed by atoms with Crippen molar-refractivity contribution in [2.45, 2.75) is 39.2 Å². The lowest BCUT2D eigenvalue weighted by molar-refractivity contribution is 0.0526. The van der Waals surface area contributed by atoms with Crippen LogP contribution in [0.2, 0.25) is 0 Å². The first-order valence-electron chi connectivity index (χ1n) is 10.2. The first-order chi connectivity index (χ1) is 15.1. The minimum Gasteiger partial charge on any atom is -0.484 e. The first-order valence-corrected chi connectivity index (χ1v) is 11.8. The molecule has 31 heavy (non-hydrogen) atoms. The molecule has 0 radical (unpaired) electrons. The van der Waals surface area contributed by atoms with Crippen LogP contribution in [0.5, 0.6) is 5.75 Å². The number of benzene rings is 1. The minimum absolute atomic E-state index is 0.159. The number of carbonyl (C=O) groups excluding carboxylic acids is 2. The van der Waals surface area contributed by atoms with Crippen molar-refractivity contribution >= 4 is 44.1 Å². The van der Waals surface area contributed by atoms with E-state index in [0.717, 1.165) is 40.6 Å². The summed E-state index contributed by atoms with van der Waals surface area (Å²) in [6, 6.07) is 10.8. The van der Waals surface area contributed by atoms with Crippen molar-refractivity contribution in [3.63, 3.8) is 0 Å². The Morgan fingerprint density at radius 1 is 1.16 bits per heavy atom. The van der Waals surface area contributed by atoms with Crippen molar-refractivity contribution in [1.82, 2.24) is 0 Å². The molecule has 0 bridgehead atoms. The number of fused-ring (bicyclic) bond motifs is 1. The number of carbonyl (C=O) groups is 2. The number of aryl methyl sites for hydroxylation is 1. The van der Waals surface area contributed by atoms with Crippen LogP contribution in [0.4, 0.5) is 5.00 Å². The average molecular weight is 504 g/mol. The van der Waals surface area contributed by atoms with Crippen molar-refractivity contribution in [3.05, 3.63) is 68.4 Å². The highest BCUT2D eigenvalue weighted by Gasteiger charge is 2.28. The van der Waals surface area contributed by atoms with Crippen molar-refractivity contribution in [3.8, 4) is 5.75 Å². The third-order valence-electron chi connectivity index (χ3n) is 4.97. The van der Waals surface area contributed by atoms with Crippen molar-refractivity contribution in [2.24, 2.45) is 0 Å². The van der Waals surface area contributed by atoms with E-state index in [2.05, 4.69) is 21.2 Å². The molecule has 8 heteroatoms. The number of anilines is 1. The quantitative estimate of drug-likeness (QED) is 0.400. The fourth-order valence-electron chi connectivity index (χ4n) is 3.53. The topological polar surface area (TPSA) is 77.8 Å². The molecule has 0 fully saturated rings. The molecule has 1 aliphatic carbocycles. The number of esters is 1. The number of hydrogen-bond acceptors (Lipinski definition) is 6. The highest BCUT2D eigenvalue weighted by Crippen LogP contribution is 2.39. The van der Waals surface area contributed by atoms with E-state index in [-0.39, 0.29) is 24.9 Å². The molecule has 4 rings (SSSR count). The zero-order valence-corrected chi connectivity index (χ0v) is 19.4. The molecule has 162 valence electrons. The Hall–Kier alpha value is -2.58. The lowest BCUT2D eigenvalue weighted by Gasteiger charge is -2.12. The molecule has 0 spiro atoms. The molecule has 1 N–H and O–H groups in total. The SMILES string of the molecule is CCOC(=O)c1c(NC(=O)c2ccc(COc3ccccc3Br)o2)sc2c1CCCC2. The van der Waals surface area contributed by atoms with Gasteiger partial charge in [-0.3, -0.25) is 4.79 Å². The summed E-state index contributed by atoms with van der Waals surface area (Å²) in [5.41, 5.74) is 1.49. The number of amides is 1. The lowest BCUT2D eigenvalue weighted by Crippen LogP contribution is -2.15. The third-order valence-corrected chi connectivity index (χ3v) is 6.83. The summed E-state index contributed by atoms with van der Waals surface area (Å²) >= 11 is 4.88. The number of halogens is 1. The van der Waals surface area contributed by atoms with Crippen LogP contribution in [-0.4, -0.2) is 18.5 Å². The number of para-hydroxylation sites is 1. The van der Waals surface area contributed by atoms with Gasteiger partial charge >= 0.3 is 5.97 Å². The smallest absolute Gasteiger partial charge is 0.341 e. The van der Waals surface area contributed by atoms with Crippen LogP contribution < -0.4 is 10.1 Å². The summed E-state index contributed by atoms with van der Waals surface area (Å²) in [7, 11) is 0. The van der Waals surface area contributed by atoms with Gasteiger partial charge in [0.15, 0.2) is 5.76 Å². The first kappa shape index (κ1) is 21.6. The van der Waals surface area contributed by atoms with Gasteiger partial charge in [0, 0.05) is 4.88 Å². The van der Waals surface area contributed by atoms with Gasteiger partial charge in [-0.25, -0.2) is 4.79 Å². The lowest BCUT2D eigenvalue weighted by atomic mass is 9.95. The summed E-state index contributed by atoms with van der Waals surface area (Å²) in [5.74, 6) is 0.576. The summed E-state index contributed by atoms with van der Waals surface area (Å²) in [6.45, 7) is 2.25. The Kier molecular flexibility index (Phi) is 6.77. The van der Waals surface area contributed by atoms with Crippen molar-refractivity contribution in [2.75, 3.05) is 11.9 Å². The van der Waals surface area contributed by atoms with Gasteiger partial charge < -0.3 is 19.2 Å². The van der Waals surface area contributed by atoms with Crippen LogP contribution in [0.1, 0.15) is 56.9 Å². The number of furan rings is 1. The van der Waals surface area contributed by atoms with Crippen LogP contribution in [-0.2, 0) is 24.2 Å². The second-order valence-corrected chi connectivity index (χ2v) is 9.03. The Morgan fingerprint density at radius 2 is 1.97 bits per heavy atom. The van der Waals surface area contributed by atoms with E-state index in [4.69, 9.17) is 13.9 Å². The molecule has 0 atom stereocenters. The van der Waals surface area contributed by atoms with Gasteiger partial charge in [-0.15, -0.1) is 11.3 Å². The van der Waals surface area contributed by atoms with Crippen LogP contribution in [0.15, 0.2) is 45.3 Å². The maximum absolute atomic E-state index is 12.8. The monoisotopic (exact) mass is 503 g/mol. The minimum atomic E-state index is -0.406. The number of nitrogens with one attached hydrogen (secondary N) is 1. The van der Waals surface area contributed by atoms with Gasteiger partial charge in [0.2, 0.25) is 0 Å². The molecule has 2 aromatic heterocycles. The number of ether oxygens (including phenoxy) is 2. The van der Waals surface area contributed by atoms with Crippen LogP contribution in [0, 0.1) is 0 Å². The summed E-state index contributed by atoms with van der Waals surface area (Å²) < 4.78 is 17.5. The molecule has 6 nitrogen and oxygen atoms in total. The van der Waals surface area contributed by atoms with Gasteiger partial charge in [-0.2, -0.15) is 0 Å². The predicted octanol–water partition coefficient (Wildman–Crippen LogP) is 5.99. The largest absolute Gasteiger partial charge is 0.484 e. The Labute approximate surface area is 192 Å². The fourth-order valence-corrected chi connectivity index (χ4v) is 5.20. The van der Waals surface area contributed by atoms with E-state index < -0.39 is 5.91 Å². The molecule has 0 saturated carbocycles. The summed E-state index contributed by atoms with van der Waals surface area (Å²) in [4.78, 5) is 26.5. The maximum Gasteiger partial charge on any atom is 0.341 e. The van der Waals surface area contributed by atoms with E-state index in [0.29, 0.717) is 22.1 Å². The highest BCUT2D eigenvalue weighted by atomic mass is 79.9. The van der Waals surface area contributed by atoms with E-state index >= 15 is 0 Å². The van der Waals surface area contributed by atoms with Crippen molar-refractivity contribution < 1.29 is 23.5 Å². The summed E-state index contributed by atoms with van der Waals surface area (Å²) in [6.07, 6.45) is 3.86. The van der Waals surface area contributed by atoms with E-state index in [1.807, 2.05) is 24.3 Å². The normalized spacial score (nSPS) is 12.8. The Balaban J connectivity index is 1.48. The van der Waals surface area contributed by atoms with Crippen molar-refractivity contribution in [1.29, 1.82) is 0 Å².